The smallest absolute Gasteiger partial charge is 0.223 e. The number of carbonyl (C=O) groups excluding carboxylic acids is 1. The monoisotopic (exact) mass is 353 g/mol. The fourth-order valence-corrected chi connectivity index (χ4v) is 3.20. The lowest BCUT2D eigenvalue weighted by molar-refractivity contribution is -0.125. The molecule has 3 rings (SSSR count). The molecule has 0 radical (unpaired) electrons. The summed E-state index contributed by atoms with van der Waals surface area (Å²) < 4.78 is 0. The first-order valence-electron chi connectivity index (χ1n) is 8.59. The number of halogens is 1. The molecular weight excluding hydrogens is 326 g/mol. The predicted octanol–water partition coefficient (Wildman–Crippen LogP) is 0.871. The SMILES string of the molecule is CN1CCN(c2cc(CNC(=O)C3CCNCC3)ccn2)CC1.Cl. The number of nitrogens with zero attached hydrogens (tertiary/aromatic N) is 3. The second kappa shape index (κ2) is 9.20. The van der Waals surface area contributed by atoms with Crippen LogP contribution in [0.25, 0.3) is 0 Å². The number of hydrogen-bond donors (Lipinski definition) is 2. The van der Waals surface area contributed by atoms with Crippen LogP contribution in [0.5, 0.6) is 0 Å². The summed E-state index contributed by atoms with van der Waals surface area (Å²) in [5, 5.41) is 6.38. The van der Waals surface area contributed by atoms with Crippen LogP contribution in [0, 0.1) is 5.92 Å². The summed E-state index contributed by atoms with van der Waals surface area (Å²) in [6.45, 7) is 6.63. The second-order valence-electron chi connectivity index (χ2n) is 6.55. The number of aromatic nitrogens is 1. The number of rotatable bonds is 4. The minimum Gasteiger partial charge on any atom is -0.354 e. The lowest BCUT2D eigenvalue weighted by Gasteiger charge is -2.33. The second-order valence-corrected chi connectivity index (χ2v) is 6.55. The molecule has 3 heterocycles. The van der Waals surface area contributed by atoms with Gasteiger partial charge in [0.15, 0.2) is 0 Å². The molecule has 0 unspecified atom stereocenters. The highest BCUT2D eigenvalue weighted by Crippen LogP contribution is 2.15. The van der Waals surface area contributed by atoms with Crippen molar-refractivity contribution in [3.63, 3.8) is 0 Å². The largest absolute Gasteiger partial charge is 0.354 e. The summed E-state index contributed by atoms with van der Waals surface area (Å²) in [7, 11) is 2.15. The number of hydrogen-bond acceptors (Lipinski definition) is 5. The quantitative estimate of drug-likeness (QED) is 0.841. The highest BCUT2D eigenvalue weighted by atomic mass is 35.5. The van der Waals surface area contributed by atoms with Crippen molar-refractivity contribution in [3.05, 3.63) is 23.9 Å². The summed E-state index contributed by atoms with van der Waals surface area (Å²) in [6, 6.07) is 4.09. The van der Waals surface area contributed by atoms with Crippen molar-refractivity contribution in [2.24, 2.45) is 5.92 Å². The van der Waals surface area contributed by atoms with Gasteiger partial charge in [-0.3, -0.25) is 4.79 Å². The van der Waals surface area contributed by atoms with E-state index >= 15 is 0 Å². The molecule has 0 aliphatic carbocycles. The average molecular weight is 354 g/mol. The van der Waals surface area contributed by atoms with Crippen LogP contribution in [0.3, 0.4) is 0 Å². The molecule has 1 aromatic rings. The molecule has 2 aliphatic rings. The Morgan fingerprint density at radius 3 is 2.71 bits per heavy atom. The third-order valence-corrected chi connectivity index (χ3v) is 4.81. The normalized spacial score (nSPS) is 19.6. The fourth-order valence-electron chi connectivity index (χ4n) is 3.20. The molecule has 134 valence electrons. The van der Waals surface area contributed by atoms with Crippen LogP contribution in [0.15, 0.2) is 18.3 Å². The number of pyridine rings is 1. The highest BCUT2D eigenvalue weighted by Gasteiger charge is 2.20. The van der Waals surface area contributed by atoms with Crippen molar-refractivity contribution in [2.45, 2.75) is 19.4 Å². The maximum absolute atomic E-state index is 12.2. The van der Waals surface area contributed by atoms with Crippen LogP contribution >= 0.6 is 12.4 Å². The van der Waals surface area contributed by atoms with Gasteiger partial charge in [-0.2, -0.15) is 0 Å². The number of piperidine rings is 1. The zero-order valence-corrected chi connectivity index (χ0v) is 15.1. The van der Waals surface area contributed by atoms with Crippen LogP contribution in [0.4, 0.5) is 5.82 Å². The Bertz CT molecular complexity index is 527. The lowest BCUT2D eigenvalue weighted by atomic mass is 9.97. The summed E-state index contributed by atoms with van der Waals surface area (Å²) in [4.78, 5) is 21.4. The molecule has 7 heteroatoms. The van der Waals surface area contributed by atoms with E-state index in [4.69, 9.17) is 0 Å². The number of nitrogens with one attached hydrogen (secondary N) is 2. The van der Waals surface area contributed by atoms with E-state index in [1.807, 2.05) is 12.3 Å². The number of anilines is 1. The molecule has 0 bridgehead atoms. The Kier molecular flexibility index (Phi) is 7.27. The number of amides is 1. The van der Waals surface area contributed by atoms with Gasteiger partial charge in [-0.25, -0.2) is 4.98 Å². The molecule has 0 saturated carbocycles. The van der Waals surface area contributed by atoms with Crippen LogP contribution in [-0.2, 0) is 11.3 Å². The standard InChI is InChI=1S/C17H27N5O.ClH/c1-21-8-10-22(11-9-21)16-12-14(2-7-19-16)13-20-17(23)15-3-5-18-6-4-15;/h2,7,12,15,18H,3-6,8-11,13H2,1H3,(H,20,23);1H. The average Bonchev–Trinajstić information content (AvgIpc) is 2.61. The zero-order valence-electron chi connectivity index (χ0n) is 14.3. The maximum atomic E-state index is 12.2. The van der Waals surface area contributed by atoms with Crippen molar-refractivity contribution < 1.29 is 4.79 Å². The van der Waals surface area contributed by atoms with Crippen LogP contribution in [-0.4, -0.2) is 62.1 Å². The zero-order chi connectivity index (χ0) is 16.1. The molecule has 24 heavy (non-hydrogen) atoms. The van der Waals surface area contributed by atoms with Crippen molar-refractivity contribution in [1.82, 2.24) is 20.5 Å². The topological polar surface area (TPSA) is 60.5 Å². The van der Waals surface area contributed by atoms with E-state index in [0.717, 1.165) is 63.5 Å². The van der Waals surface area contributed by atoms with E-state index in [1.165, 1.54) is 0 Å². The van der Waals surface area contributed by atoms with Crippen molar-refractivity contribution in [2.75, 3.05) is 51.2 Å². The summed E-state index contributed by atoms with van der Waals surface area (Å²) in [5.41, 5.74) is 1.12. The maximum Gasteiger partial charge on any atom is 0.223 e. The first kappa shape index (κ1) is 19.0. The molecule has 0 spiro atoms. The molecular formula is C17H28ClN5O. The molecule has 6 nitrogen and oxygen atoms in total. The van der Waals surface area contributed by atoms with Crippen LogP contribution < -0.4 is 15.5 Å². The van der Waals surface area contributed by atoms with E-state index in [9.17, 15) is 4.79 Å². The van der Waals surface area contributed by atoms with Gasteiger partial charge in [0.2, 0.25) is 5.91 Å². The van der Waals surface area contributed by atoms with E-state index in [-0.39, 0.29) is 24.2 Å². The van der Waals surface area contributed by atoms with Gasteiger partial charge in [-0.15, -0.1) is 12.4 Å². The predicted molar refractivity (Wildman–Crippen MR) is 98.6 cm³/mol. The van der Waals surface area contributed by atoms with Gasteiger partial charge in [-0.1, -0.05) is 0 Å². The van der Waals surface area contributed by atoms with Gasteiger partial charge in [0, 0.05) is 44.8 Å². The third kappa shape index (κ3) is 5.06. The molecule has 1 amide bonds. The van der Waals surface area contributed by atoms with Gasteiger partial charge in [0.05, 0.1) is 0 Å². The van der Waals surface area contributed by atoms with Gasteiger partial charge in [0.1, 0.15) is 5.82 Å². The Morgan fingerprint density at radius 2 is 2.00 bits per heavy atom. The molecule has 2 fully saturated rings. The van der Waals surface area contributed by atoms with E-state index < -0.39 is 0 Å². The number of likely N-dealkylation sites (N-methyl/N-ethyl adjacent to an activating group) is 1. The highest BCUT2D eigenvalue weighted by molar-refractivity contribution is 5.85. The summed E-state index contributed by atoms with van der Waals surface area (Å²) in [5.74, 6) is 1.37. The Morgan fingerprint density at radius 1 is 1.29 bits per heavy atom. The van der Waals surface area contributed by atoms with Gasteiger partial charge in [0.25, 0.3) is 0 Å². The van der Waals surface area contributed by atoms with Crippen molar-refractivity contribution >= 4 is 24.1 Å². The first-order chi connectivity index (χ1) is 11.2. The Hall–Kier alpha value is -1.37. The fraction of sp³-hybridized carbons (Fsp3) is 0.647. The Labute approximate surface area is 150 Å². The third-order valence-electron chi connectivity index (χ3n) is 4.81. The number of piperazine rings is 1. The molecule has 0 atom stereocenters. The molecule has 2 aliphatic heterocycles. The Balaban J connectivity index is 0.00000208. The summed E-state index contributed by atoms with van der Waals surface area (Å²) >= 11 is 0. The van der Waals surface area contributed by atoms with E-state index in [0.29, 0.717) is 6.54 Å². The van der Waals surface area contributed by atoms with Crippen molar-refractivity contribution in [1.29, 1.82) is 0 Å². The number of carbonyl (C=O) groups is 1. The molecule has 0 aromatic carbocycles. The van der Waals surface area contributed by atoms with Crippen molar-refractivity contribution in [3.8, 4) is 0 Å². The van der Waals surface area contributed by atoms with E-state index in [1.54, 1.807) is 0 Å². The molecule has 1 aromatic heterocycles. The molecule has 2 N–H and O–H groups in total. The minimum atomic E-state index is 0. The lowest BCUT2D eigenvalue weighted by Crippen LogP contribution is -2.44. The van der Waals surface area contributed by atoms with Gasteiger partial charge in [-0.05, 0) is 50.7 Å². The summed E-state index contributed by atoms with van der Waals surface area (Å²) in [6.07, 6.45) is 3.73. The van der Waals surface area contributed by atoms with Crippen LogP contribution in [0.2, 0.25) is 0 Å². The van der Waals surface area contributed by atoms with Crippen LogP contribution in [0.1, 0.15) is 18.4 Å². The van der Waals surface area contributed by atoms with Gasteiger partial charge < -0.3 is 20.4 Å². The van der Waals surface area contributed by atoms with Gasteiger partial charge >= 0.3 is 0 Å². The minimum absolute atomic E-state index is 0. The molecule has 2 saturated heterocycles. The van der Waals surface area contributed by atoms with E-state index in [2.05, 4.69) is 38.5 Å². The first-order valence-corrected chi connectivity index (χ1v) is 8.59.